The minimum absolute atomic E-state index is 0. The molecule has 0 saturated carbocycles. The summed E-state index contributed by atoms with van der Waals surface area (Å²) < 4.78 is 3.96. The molecule has 4 nitrogen and oxygen atoms in total. The van der Waals surface area contributed by atoms with Crippen LogP contribution in [0.3, 0.4) is 0 Å². The fourth-order valence-corrected chi connectivity index (χ4v) is 0.248. The first-order chi connectivity index (χ1) is 3.66. The Morgan fingerprint density at radius 2 is 2.00 bits per heavy atom. The van der Waals surface area contributed by atoms with Crippen LogP contribution in [0.5, 0.6) is 0 Å². The molecule has 6 heteroatoms. The van der Waals surface area contributed by atoms with Crippen LogP contribution in [0.25, 0.3) is 0 Å². The molecule has 0 spiro atoms. The van der Waals surface area contributed by atoms with E-state index in [1.54, 1.807) is 16.6 Å². The predicted molar refractivity (Wildman–Crippen MR) is 29.9 cm³/mol. The summed E-state index contributed by atoms with van der Waals surface area (Å²) in [5.74, 6) is -1.94. The molecule has 0 heterocycles. The quantitative estimate of drug-likeness (QED) is 0.412. The molecule has 0 atom stereocenters. The third-order valence-corrected chi connectivity index (χ3v) is 0.690. The Morgan fingerprint density at radius 1 is 1.56 bits per heavy atom. The molecule has 0 rings (SSSR count). The second-order valence-electron chi connectivity index (χ2n) is 1.06. The number of rotatable bonds is 2. The van der Waals surface area contributed by atoms with Gasteiger partial charge in [-0.15, -0.1) is 0 Å². The molecule has 0 bridgehead atoms. The van der Waals surface area contributed by atoms with Crippen molar-refractivity contribution in [3.63, 3.8) is 0 Å². The van der Waals surface area contributed by atoms with E-state index in [1.165, 1.54) is 0 Å². The smallest absolute Gasteiger partial charge is 0.484 e. The third kappa shape index (κ3) is 9.11. The van der Waals surface area contributed by atoms with Gasteiger partial charge in [-0.05, 0) is 0 Å². The average molecular weight is 169 g/mol. The van der Waals surface area contributed by atoms with Crippen LogP contribution in [0.15, 0.2) is 0 Å². The van der Waals surface area contributed by atoms with Crippen molar-refractivity contribution in [2.45, 2.75) is 6.42 Å². The summed E-state index contributed by atoms with van der Waals surface area (Å²) in [4.78, 5) is 19.7. The SMILES string of the molecule is O=C(O)CC(=O)[O][Al].[K]. The van der Waals surface area contributed by atoms with E-state index >= 15 is 0 Å². The number of hydrogen-bond donors (Lipinski definition) is 1. The van der Waals surface area contributed by atoms with Crippen molar-refractivity contribution >= 4 is 79.9 Å². The number of carboxylic acids is 1. The summed E-state index contributed by atoms with van der Waals surface area (Å²) in [6.45, 7) is 0. The Kier molecular flexibility index (Phi) is 10.2. The van der Waals surface area contributed by atoms with E-state index in [1.807, 2.05) is 0 Å². The van der Waals surface area contributed by atoms with Crippen molar-refractivity contribution < 1.29 is 18.5 Å². The first-order valence-electron chi connectivity index (χ1n) is 1.78. The van der Waals surface area contributed by atoms with Gasteiger partial charge in [-0.2, -0.15) is 0 Å². The van der Waals surface area contributed by atoms with E-state index in [2.05, 4.69) is 3.79 Å². The van der Waals surface area contributed by atoms with Crippen LogP contribution in [0.2, 0.25) is 0 Å². The number of hydrogen-bond acceptors (Lipinski definition) is 3. The molecule has 0 aliphatic rings. The topological polar surface area (TPSA) is 63.6 Å². The largest absolute Gasteiger partial charge is 0.628 e. The van der Waals surface area contributed by atoms with Gasteiger partial charge in [-0.1, -0.05) is 0 Å². The van der Waals surface area contributed by atoms with Crippen LogP contribution in [0, 0.1) is 0 Å². The molecule has 0 aromatic carbocycles. The molecule has 0 saturated heterocycles. The monoisotopic (exact) mass is 169 g/mol. The van der Waals surface area contributed by atoms with Crippen molar-refractivity contribution in [2.75, 3.05) is 0 Å². The van der Waals surface area contributed by atoms with Gasteiger partial charge in [0.15, 0.2) is 0 Å². The zero-order chi connectivity index (χ0) is 6.57. The Balaban J connectivity index is 0. The van der Waals surface area contributed by atoms with Crippen LogP contribution in [-0.4, -0.2) is 85.1 Å². The van der Waals surface area contributed by atoms with Gasteiger partial charge in [0.25, 0.3) is 5.97 Å². The predicted octanol–water partition coefficient (Wildman–Crippen LogP) is -1.29. The Morgan fingerprint density at radius 3 is 2.11 bits per heavy atom. The molecule has 0 aromatic heterocycles. The first-order valence-corrected chi connectivity index (χ1v) is 2.25. The number of carboxylic acid groups (broad SMARTS) is 1. The van der Waals surface area contributed by atoms with Crippen LogP contribution < -0.4 is 0 Å². The van der Waals surface area contributed by atoms with Crippen molar-refractivity contribution in [3.05, 3.63) is 0 Å². The molecule has 0 aliphatic carbocycles. The molecule has 1 N–H and O–H groups in total. The Hall–Kier alpha value is 1.11. The molecule has 9 heavy (non-hydrogen) atoms. The van der Waals surface area contributed by atoms with Gasteiger partial charge in [0.1, 0.15) is 6.42 Å². The molecule has 43 valence electrons. The number of carbonyl (C=O) groups excluding carboxylic acids is 1. The van der Waals surface area contributed by atoms with E-state index < -0.39 is 18.4 Å². The van der Waals surface area contributed by atoms with Gasteiger partial charge in [0.2, 0.25) is 0 Å². The molecular weight excluding hydrogens is 166 g/mol. The maximum atomic E-state index is 10.00. The van der Waals surface area contributed by atoms with Gasteiger partial charge in [-0.3, -0.25) is 9.59 Å². The van der Waals surface area contributed by atoms with E-state index in [4.69, 9.17) is 5.11 Å². The van der Waals surface area contributed by atoms with Gasteiger partial charge >= 0.3 is 22.6 Å². The zero-order valence-electron chi connectivity index (χ0n) is 4.96. The average Bonchev–Trinajstić information content (AvgIpc) is 1.65. The van der Waals surface area contributed by atoms with Crippen LogP contribution in [0.1, 0.15) is 6.42 Å². The van der Waals surface area contributed by atoms with Gasteiger partial charge < -0.3 is 8.90 Å². The van der Waals surface area contributed by atoms with E-state index in [9.17, 15) is 9.59 Å². The molecule has 0 fully saturated rings. The summed E-state index contributed by atoms with van der Waals surface area (Å²) in [7, 11) is 0. The fraction of sp³-hybridized carbons (Fsp3) is 0.333. The number of aliphatic carboxylic acids is 1. The molecule has 0 unspecified atom stereocenters. The Bertz CT molecular complexity index is 114. The van der Waals surface area contributed by atoms with Crippen molar-refractivity contribution in [1.29, 1.82) is 0 Å². The molecule has 0 amide bonds. The molecule has 3 radical (unpaired) electrons. The second kappa shape index (κ2) is 7.22. The standard InChI is InChI=1S/C3H4O4.Al.K/c4-2(5)1-3(6)7;;/h1H2,(H,4,5)(H,6,7);;/q;+1;/p-1. The Labute approximate surface area is 103 Å². The third-order valence-electron chi connectivity index (χ3n) is 0.427. The molecule has 0 aromatic rings. The van der Waals surface area contributed by atoms with Crippen molar-refractivity contribution in [1.82, 2.24) is 0 Å². The summed E-state index contributed by atoms with van der Waals surface area (Å²) in [5, 5.41) is 7.90. The van der Waals surface area contributed by atoms with Crippen LogP contribution in [0.4, 0.5) is 0 Å². The summed E-state index contributed by atoms with van der Waals surface area (Å²) in [5.41, 5.74) is 0. The fourth-order valence-electron chi connectivity index (χ4n) is 0.165. The normalized spacial score (nSPS) is 7.11. The van der Waals surface area contributed by atoms with E-state index in [-0.39, 0.29) is 51.4 Å². The van der Waals surface area contributed by atoms with Crippen LogP contribution in [-0.2, 0) is 13.4 Å². The van der Waals surface area contributed by atoms with Gasteiger partial charge in [-0.25, -0.2) is 0 Å². The van der Waals surface area contributed by atoms with Crippen molar-refractivity contribution in [3.8, 4) is 0 Å². The maximum absolute atomic E-state index is 10.00. The summed E-state index contributed by atoms with van der Waals surface area (Å²) in [6.07, 6.45) is -0.580. The molecule has 0 aliphatic heterocycles. The summed E-state index contributed by atoms with van der Waals surface area (Å²) >= 11 is 1.67. The minimum Gasteiger partial charge on any atom is -0.628 e. The number of carbonyl (C=O) groups is 2. The maximum Gasteiger partial charge on any atom is 0.484 e. The van der Waals surface area contributed by atoms with Gasteiger partial charge in [0.05, 0.1) is 0 Å². The zero-order valence-corrected chi connectivity index (χ0v) is 9.23. The van der Waals surface area contributed by atoms with Crippen LogP contribution >= 0.6 is 0 Å². The summed E-state index contributed by atoms with van der Waals surface area (Å²) in [6, 6.07) is 0. The second-order valence-corrected chi connectivity index (χ2v) is 1.30. The van der Waals surface area contributed by atoms with E-state index in [0.717, 1.165) is 0 Å². The first kappa shape index (κ1) is 12.8. The minimum atomic E-state index is -1.18. The van der Waals surface area contributed by atoms with Gasteiger partial charge in [0, 0.05) is 51.4 Å². The van der Waals surface area contributed by atoms with Crippen molar-refractivity contribution in [2.24, 2.45) is 0 Å². The van der Waals surface area contributed by atoms with E-state index in [0.29, 0.717) is 0 Å². The molecular formula is C3H3AlKO4.